The first-order valence-corrected chi connectivity index (χ1v) is 6.34. The summed E-state index contributed by atoms with van der Waals surface area (Å²) in [5.41, 5.74) is 2.07. The lowest BCUT2D eigenvalue weighted by atomic mass is 10.2. The number of halogens is 1. The van der Waals surface area contributed by atoms with Gasteiger partial charge in [-0.3, -0.25) is 4.79 Å². The van der Waals surface area contributed by atoms with Crippen LogP contribution >= 0.6 is 11.6 Å². The van der Waals surface area contributed by atoms with Crippen molar-refractivity contribution in [3.05, 3.63) is 59.1 Å². The van der Waals surface area contributed by atoms with Gasteiger partial charge in [-0.1, -0.05) is 11.6 Å². The molecule has 0 aliphatic rings. The van der Waals surface area contributed by atoms with Crippen LogP contribution in [0.25, 0.3) is 0 Å². The van der Waals surface area contributed by atoms with Gasteiger partial charge >= 0.3 is 0 Å². The van der Waals surface area contributed by atoms with E-state index < -0.39 is 0 Å². The first-order valence-electron chi connectivity index (χ1n) is 5.97. The molecule has 0 fully saturated rings. The first kappa shape index (κ1) is 13.9. The van der Waals surface area contributed by atoms with E-state index in [4.69, 9.17) is 16.9 Å². The molecule has 0 aliphatic carbocycles. The zero-order valence-corrected chi connectivity index (χ0v) is 11.3. The molecule has 2 aromatic carbocycles. The second-order valence-corrected chi connectivity index (χ2v) is 4.53. The van der Waals surface area contributed by atoms with Crippen molar-refractivity contribution < 1.29 is 4.79 Å². The van der Waals surface area contributed by atoms with Gasteiger partial charge in [0.05, 0.1) is 18.2 Å². The number of benzene rings is 2. The molecule has 100 valence electrons. The molecule has 2 N–H and O–H groups in total. The smallest absolute Gasteiger partial charge is 0.243 e. The summed E-state index contributed by atoms with van der Waals surface area (Å²) in [6.45, 7) is 0.147. The van der Waals surface area contributed by atoms with E-state index in [1.54, 1.807) is 48.5 Å². The number of anilines is 2. The summed E-state index contributed by atoms with van der Waals surface area (Å²) >= 11 is 5.77. The van der Waals surface area contributed by atoms with E-state index in [0.717, 1.165) is 5.69 Å². The van der Waals surface area contributed by atoms with Gasteiger partial charge in [-0.05, 0) is 48.5 Å². The Balaban J connectivity index is 1.85. The van der Waals surface area contributed by atoms with Gasteiger partial charge in [-0.2, -0.15) is 5.26 Å². The van der Waals surface area contributed by atoms with Gasteiger partial charge in [-0.25, -0.2) is 0 Å². The molecule has 2 aromatic rings. The highest BCUT2D eigenvalue weighted by Crippen LogP contribution is 2.13. The molecular formula is C15H12ClN3O. The summed E-state index contributed by atoms with van der Waals surface area (Å²) in [5, 5.41) is 15.0. The number of amides is 1. The topological polar surface area (TPSA) is 64.9 Å². The standard InChI is InChI=1S/C15H12ClN3O/c16-12-3-7-14(8-4-12)19-15(20)10-18-13-5-1-11(9-17)2-6-13/h1-8,18H,10H2,(H,19,20). The van der Waals surface area contributed by atoms with Crippen LogP contribution in [0.2, 0.25) is 5.02 Å². The summed E-state index contributed by atoms with van der Waals surface area (Å²) in [6.07, 6.45) is 0. The third-order valence-electron chi connectivity index (χ3n) is 2.60. The van der Waals surface area contributed by atoms with E-state index in [9.17, 15) is 4.79 Å². The van der Waals surface area contributed by atoms with Crippen LogP contribution in [0.15, 0.2) is 48.5 Å². The summed E-state index contributed by atoms with van der Waals surface area (Å²) in [4.78, 5) is 11.7. The van der Waals surface area contributed by atoms with Crippen molar-refractivity contribution in [1.82, 2.24) is 0 Å². The van der Waals surface area contributed by atoms with Crippen molar-refractivity contribution in [3.8, 4) is 6.07 Å². The largest absolute Gasteiger partial charge is 0.376 e. The second-order valence-electron chi connectivity index (χ2n) is 4.10. The van der Waals surface area contributed by atoms with E-state index in [-0.39, 0.29) is 12.5 Å². The molecule has 0 radical (unpaired) electrons. The van der Waals surface area contributed by atoms with Crippen LogP contribution in [0, 0.1) is 11.3 Å². The highest BCUT2D eigenvalue weighted by Gasteiger charge is 2.02. The predicted octanol–water partition coefficient (Wildman–Crippen LogP) is 3.26. The van der Waals surface area contributed by atoms with Gasteiger partial charge < -0.3 is 10.6 Å². The Morgan fingerprint density at radius 1 is 1.05 bits per heavy atom. The molecule has 2 rings (SSSR count). The Kier molecular flexibility index (Phi) is 4.59. The average Bonchev–Trinajstić information content (AvgIpc) is 2.48. The van der Waals surface area contributed by atoms with E-state index in [0.29, 0.717) is 16.3 Å². The Bertz CT molecular complexity index is 630. The van der Waals surface area contributed by atoms with Crippen LogP contribution in [0.4, 0.5) is 11.4 Å². The highest BCUT2D eigenvalue weighted by atomic mass is 35.5. The molecular weight excluding hydrogens is 274 g/mol. The normalized spacial score (nSPS) is 9.60. The van der Waals surface area contributed by atoms with Crippen LogP contribution in [-0.4, -0.2) is 12.5 Å². The van der Waals surface area contributed by atoms with Crippen molar-refractivity contribution in [3.63, 3.8) is 0 Å². The van der Waals surface area contributed by atoms with Gasteiger partial charge in [0.2, 0.25) is 5.91 Å². The van der Waals surface area contributed by atoms with Crippen molar-refractivity contribution in [2.24, 2.45) is 0 Å². The Morgan fingerprint density at radius 3 is 2.25 bits per heavy atom. The zero-order valence-electron chi connectivity index (χ0n) is 10.6. The SMILES string of the molecule is N#Cc1ccc(NCC(=O)Nc2ccc(Cl)cc2)cc1. The molecule has 5 heteroatoms. The minimum absolute atomic E-state index is 0.147. The average molecular weight is 286 g/mol. The summed E-state index contributed by atoms with van der Waals surface area (Å²) < 4.78 is 0. The number of carbonyl (C=O) groups excluding carboxylic acids is 1. The molecule has 0 saturated carbocycles. The predicted molar refractivity (Wildman–Crippen MR) is 79.7 cm³/mol. The van der Waals surface area contributed by atoms with Gasteiger partial charge in [0.1, 0.15) is 0 Å². The van der Waals surface area contributed by atoms with Gasteiger partial charge in [0.25, 0.3) is 0 Å². The molecule has 0 atom stereocenters. The van der Waals surface area contributed by atoms with Crippen molar-refractivity contribution in [2.45, 2.75) is 0 Å². The fourth-order valence-electron chi connectivity index (χ4n) is 1.58. The first-order chi connectivity index (χ1) is 9.67. The van der Waals surface area contributed by atoms with Crippen LogP contribution in [0.3, 0.4) is 0 Å². The van der Waals surface area contributed by atoms with Crippen LogP contribution in [-0.2, 0) is 4.79 Å². The second kappa shape index (κ2) is 6.60. The number of nitriles is 1. The van der Waals surface area contributed by atoms with Gasteiger partial charge in [0, 0.05) is 16.4 Å². The van der Waals surface area contributed by atoms with E-state index >= 15 is 0 Å². The Morgan fingerprint density at radius 2 is 1.65 bits per heavy atom. The molecule has 4 nitrogen and oxygen atoms in total. The fourth-order valence-corrected chi connectivity index (χ4v) is 1.71. The Hall–Kier alpha value is -2.51. The molecule has 0 aliphatic heterocycles. The molecule has 0 heterocycles. The summed E-state index contributed by atoms with van der Waals surface area (Å²) in [5.74, 6) is -0.156. The number of carbonyl (C=O) groups is 1. The number of hydrogen-bond acceptors (Lipinski definition) is 3. The van der Waals surface area contributed by atoms with E-state index in [2.05, 4.69) is 10.6 Å². The minimum atomic E-state index is -0.156. The number of rotatable bonds is 4. The molecule has 0 unspecified atom stereocenters. The van der Waals surface area contributed by atoms with Gasteiger partial charge in [0.15, 0.2) is 0 Å². The maximum absolute atomic E-state index is 11.7. The maximum Gasteiger partial charge on any atom is 0.243 e. The quantitative estimate of drug-likeness (QED) is 0.906. The lowest BCUT2D eigenvalue weighted by Crippen LogP contribution is -2.21. The highest BCUT2D eigenvalue weighted by molar-refractivity contribution is 6.30. The molecule has 0 aromatic heterocycles. The lowest BCUT2D eigenvalue weighted by Gasteiger charge is -2.08. The van der Waals surface area contributed by atoms with Gasteiger partial charge in [-0.15, -0.1) is 0 Å². The molecule has 0 bridgehead atoms. The lowest BCUT2D eigenvalue weighted by molar-refractivity contribution is -0.114. The van der Waals surface area contributed by atoms with Crippen molar-refractivity contribution >= 4 is 28.9 Å². The zero-order chi connectivity index (χ0) is 14.4. The number of nitrogens with zero attached hydrogens (tertiary/aromatic N) is 1. The van der Waals surface area contributed by atoms with Crippen LogP contribution in [0.1, 0.15) is 5.56 Å². The van der Waals surface area contributed by atoms with E-state index in [1.165, 1.54) is 0 Å². The summed E-state index contributed by atoms with van der Waals surface area (Å²) in [6, 6.07) is 15.8. The minimum Gasteiger partial charge on any atom is -0.376 e. The summed E-state index contributed by atoms with van der Waals surface area (Å²) in [7, 11) is 0. The third kappa shape index (κ3) is 4.01. The maximum atomic E-state index is 11.7. The third-order valence-corrected chi connectivity index (χ3v) is 2.85. The molecule has 1 amide bonds. The molecule has 0 spiro atoms. The van der Waals surface area contributed by atoms with Crippen LogP contribution in [0.5, 0.6) is 0 Å². The Labute approximate surface area is 122 Å². The fraction of sp³-hybridized carbons (Fsp3) is 0.0667. The molecule has 0 saturated heterocycles. The van der Waals surface area contributed by atoms with E-state index in [1.807, 2.05) is 6.07 Å². The van der Waals surface area contributed by atoms with Crippen LogP contribution < -0.4 is 10.6 Å². The molecule has 20 heavy (non-hydrogen) atoms. The van der Waals surface area contributed by atoms with Crippen molar-refractivity contribution in [1.29, 1.82) is 5.26 Å². The number of hydrogen-bond donors (Lipinski definition) is 2. The number of nitrogens with one attached hydrogen (secondary N) is 2. The monoisotopic (exact) mass is 285 g/mol. The van der Waals surface area contributed by atoms with Crippen molar-refractivity contribution in [2.75, 3.05) is 17.2 Å².